The molecule has 2 heterocycles. The molecule has 0 bridgehead atoms. The van der Waals surface area contributed by atoms with Gasteiger partial charge in [0.2, 0.25) is 0 Å². The van der Waals surface area contributed by atoms with Crippen LogP contribution in [0.25, 0.3) is 10.9 Å². The minimum absolute atomic E-state index is 0.0935. The number of anilines is 1. The van der Waals surface area contributed by atoms with Gasteiger partial charge in [-0.1, -0.05) is 18.2 Å². The maximum atomic E-state index is 13.4. The Bertz CT molecular complexity index is 1260. The molecule has 0 aliphatic rings. The number of carbonyl (C=O) groups is 1. The highest BCUT2D eigenvalue weighted by atomic mass is 19.1. The summed E-state index contributed by atoms with van der Waals surface area (Å²) in [5.41, 5.74) is 2.06. The van der Waals surface area contributed by atoms with Crippen molar-refractivity contribution in [2.24, 2.45) is 0 Å². The molecule has 150 valence electrons. The molecule has 1 N–H and O–H groups in total. The highest BCUT2D eigenvalue weighted by Crippen LogP contribution is 2.15. The van der Waals surface area contributed by atoms with E-state index in [9.17, 15) is 14.0 Å². The number of benzene rings is 2. The second kappa shape index (κ2) is 8.52. The van der Waals surface area contributed by atoms with E-state index in [1.165, 1.54) is 23.0 Å². The average Bonchev–Trinajstić information content (AvgIpc) is 2.75. The summed E-state index contributed by atoms with van der Waals surface area (Å²) in [7, 11) is 0. The molecule has 2 aromatic heterocycles. The Balaban J connectivity index is 1.48. The van der Waals surface area contributed by atoms with Crippen LogP contribution in [-0.2, 0) is 17.9 Å². The van der Waals surface area contributed by atoms with Crippen LogP contribution >= 0.6 is 0 Å². The van der Waals surface area contributed by atoms with Crippen LogP contribution in [0, 0.1) is 5.82 Å². The van der Waals surface area contributed by atoms with E-state index in [2.05, 4.69) is 15.3 Å². The average molecular weight is 404 g/mol. The van der Waals surface area contributed by atoms with E-state index in [1.807, 2.05) is 0 Å². The quantitative estimate of drug-likeness (QED) is 0.548. The molecule has 0 fully saturated rings. The van der Waals surface area contributed by atoms with Crippen LogP contribution < -0.4 is 10.9 Å². The van der Waals surface area contributed by atoms with Crippen molar-refractivity contribution in [2.75, 3.05) is 5.32 Å². The van der Waals surface area contributed by atoms with Crippen LogP contribution in [0.1, 0.15) is 11.1 Å². The lowest BCUT2D eigenvalue weighted by Gasteiger charge is -2.09. The van der Waals surface area contributed by atoms with Gasteiger partial charge in [-0.15, -0.1) is 0 Å². The SMILES string of the molecule is O=C(Nc1ccc2c(=O)n(Cc3cccc(F)c3)cnc2c1)OCc1cccnc1. The lowest BCUT2D eigenvalue weighted by molar-refractivity contribution is 0.155. The zero-order valence-electron chi connectivity index (χ0n) is 15.8. The van der Waals surface area contributed by atoms with E-state index in [0.717, 1.165) is 5.56 Å². The number of aromatic nitrogens is 3. The summed E-state index contributed by atoms with van der Waals surface area (Å²) in [5, 5.41) is 3.00. The van der Waals surface area contributed by atoms with Crippen molar-refractivity contribution in [3.8, 4) is 0 Å². The first-order chi connectivity index (χ1) is 14.6. The van der Waals surface area contributed by atoms with E-state index < -0.39 is 6.09 Å². The molecular formula is C22H17FN4O3. The number of hydrogen-bond donors (Lipinski definition) is 1. The molecule has 0 atom stereocenters. The summed E-state index contributed by atoms with van der Waals surface area (Å²) in [6.45, 7) is 0.302. The summed E-state index contributed by atoms with van der Waals surface area (Å²) < 4.78 is 19.9. The molecule has 4 aromatic rings. The third-order valence-electron chi connectivity index (χ3n) is 4.41. The van der Waals surface area contributed by atoms with Gasteiger partial charge in [0.05, 0.1) is 23.8 Å². The van der Waals surface area contributed by atoms with E-state index in [-0.39, 0.29) is 24.5 Å². The first kappa shape index (κ1) is 19.3. The van der Waals surface area contributed by atoms with E-state index in [4.69, 9.17) is 4.74 Å². The topological polar surface area (TPSA) is 86.1 Å². The molecule has 0 aliphatic carbocycles. The van der Waals surface area contributed by atoms with Gasteiger partial charge < -0.3 is 4.74 Å². The predicted octanol–water partition coefficient (Wildman–Crippen LogP) is 3.73. The van der Waals surface area contributed by atoms with E-state index in [1.54, 1.807) is 54.9 Å². The first-order valence-electron chi connectivity index (χ1n) is 9.15. The molecule has 30 heavy (non-hydrogen) atoms. The minimum atomic E-state index is -0.627. The Morgan fingerprint density at radius 3 is 2.77 bits per heavy atom. The molecule has 2 aromatic carbocycles. The highest BCUT2D eigenvalue weighted by Gasteiger charge is 2.09. The molecule has 8 heteroatoms. The normalized spacial score (nSPS) is 10.7. The van der Waals surface area contributed by atoms with Crippen molar-refractivity contribution >= 4 is 22.7 Å². The second-order valence-electron chi connectivity index (χ2n) is 6.60. The second-order valence-corrected chi connectivity index (χ2v) is 6.60. The minimum Gasteiger partial charge on any atom is -0.444 e. The van der Waals surface area contributed by atoms with Crippen LogP contribution in [0.4, 0.5) is 14.9 Å². The lowest BCUT2D eigenvalue weighted by Crippen LogP contribution is -2.21. The molecule has 0 aliphatic heterocycles. The summed E-state index contributed by atoms with van der Waals surface area (Å²) in [6, 6.07) is 14.4. The van der Waals surface area contributed by atoms with Crippen LogP contribution in [0.3, 0.4) is 0 Å². The number of fused-ring (bicyclic) bond motifs is 1. The van der Waals surface area contributed by atoms with Crippen LogP contribution in [0.2, 0.25) is 0 Å². The fraction of sp³-hybridized carbons (Fsp3) is 0.0909. The number of pyridine rings is 1. The number of carbonyl (C=O) groups excluding carboxylic acids is 1. The van der Waals surface area contributed by atoms with Crippen molar-refractivity contribution in [3.63, 3.8) is 0 Å². The van der Waals surface area contributed by atoms with Gasteiger partial charge in [0.1, 0.15) is 12.4 Å². The fourth-order valence-electron chi connectivity index (χ4n) is 2.97. The van der Waals surface area contributed by atoms with Gasteiger partial charge in [-0.2, -0.15) is 0 Å². The monoisotopic (exact) mass is 404 g/mol. The van der Waals surface area contributed by atoms with Gasteiger partial charge >= 0.3 is 6.09 Å². The third kappa shape index (κ3) is 4.49. The van der Waals surface area contributed by atoms with Gasteiger partial charge in [0.25, 0.3) is 5.56 Å². The van der Waals surface area contributed by atoms with Crippen molar-refractivity contribution in [1.29, 1.82) is 0 Å². The van der Waals surface area contributed by atoms with E-state index in [0.29, 0.717) is 22.2 Å². The predicted molar refractivity (Wildman–Crippen MR) is 110 cm³/mol. The summed E-state index contributed by atoms with van der Waals surface area (Å²) in [4.78, 5) is 33.0. The Hall–Kier alpha value is -4.07. The number of hydrogen-bond acceptors (Lipinski definition) is 5. The Kier molecular flexibility index (Phi) is 5.47. The van der Waals surface area contributed by atoms with E-state index >= 15 is 0 Å². The van der Waals surface area contributed by atoms with Crippen LogP contribution in [0.5, 0.6) is 0 Å². The molecule has 0 saturated carbocycles. The van der Waals surface area contributed by atoms with Crippen molar-refractivity contribution in [2.45, 2.75) is 13.2 Å². The molecule has 4 rings (SSSR count). The largest absolute Gasteiger partial charge is 0.444 e. The third-order valence-corrected chi connectivity index (χ3v) is 4.41. The summed E-state index contributed by atoms with van der Waals surface area (Å²) >= 11 is 0. The van der Waals surface area contributed by atoms with Gasteiger partial charge in [0.15, 0.2) is 0 Å². The van der Waals surface area contributed by atoms with Gasteiger partial charge in [0, 0.05) is 23.6 Å². The van der Waals surface area contributed by atoms with Crippen molar-refractivity contribution in [3.05, 3.63) is 101 Å². The van der Waals surface area contributed by atoms with Gasteiger partial charge in [-0.3, -0.25) is 19.7 Å². The first-order valence-corrected chi connectivity index (χ1v) is 9.15. The van der Waals surface area contributed by atoms with Crippen LogP contribution in [-0.4, -0.2) is 20.6 Å². The molecule has 7 nitrogen and oxygen atoms in total. The number of halogens is 1. The number of rotatable bonds is 5. The Morgan fingerprint density at radius 1 is 1.10 bits per heavy atom. The molecule has 0 radical (unpaired) electrons. The molecule has 0 saturated heterocycles. The number of nitrogens with one attached hydrogen (secondary N) is 1. The zero-order valence-corrected chi connectivity index (χ0v) is 15.8. The maximum absolute atomic E-state index is 13.4. The maximum Gasteiger partial charge on any atom is 0.411 e. The highest BCUT2D eigenvalue weighted by molar-refractivity contribution is 5.89. The van der Waals surface area contributed by atoms with Crippen molar-refractivity contribution < 1.29 is 13.9 Å². The number of amides is 1. The Morgan fingerprint density at radius 2 is 1.97 bits per heavy atom. The number of ether oxygens (including phenoxy) is 1. The van der Waals surface area contributed by atoms with Gasteiger partial charge in [-0.05, 0) is 42.0 Å². The van der Waals surface area contributed by atoms with Crippen LogP contribution in [0.15, 0.2) is 78.1 Å². The zero-order chi connectivity index (χ0) is 20.9. The number of nitrogens with zero attached hydrogens (tertiary/aromatic N) is 3. The summed E-state index contributed by atoms with van der Waals surface area (Å²) in [6.07, 6.45) is 4.03. The standard InChI is InChI=1S/C22H17FN4O3/c23-17-5-1-3-15(9-17)12-27-14-25-20-10-18(6-7-19(20)21(27)28)26-22(29)30-13-16-4-2-8-24-11-16/h1-11,14H,12-13H2,(H,26,29). The smallest absolute Gasteiger partial charge is 0.411 e. The fourth-order valence-corrected chi connectivity index (χ4v) is 2.97. The summed E-state index contributed by atoms with van der Waals surface area (Å²) in [5.74, 6) is -0.361. The molecular weight excluding hydrogens is 387 g/mol. The molecule has 0 unspecified atom stereocenters. The molecule has 1 amide bonds. The molecule has 0 spiro atoms. The Labute approximate surface area is 170 Å². The van der Waals surface area contributed by atoms with Gasteiger partial charge in [-0.25, -0.2) is 14.2 Å². The van der Waals surface area contributed by atoms with Crippen molar-refractivity contribution in [1.82, 2.24) is 14.5 Å². The lowest BCUT2D eigenvalue weighted by atomic mass is 10.2.